The van der Waals surface area contributed by atoms with Crippen LogP contribution in [0.25, 0.3) is 24.3 Å². The predicted molar refractivity (Wildman–Crippen MR) is 171 cm³/mol. The highest BCUT2D eigenvalue weighted by Gasteiger charge is 1.94. The number of benzene rings is 4. The van der Waals surface area contributed by atoms with E-state index >= 15 is 0 Å². The zero-order chi connectivity index (χ0) is 27.0. The molecule has 0 heterocycles. The Morgan fingerprint density at radius 3 is 1.13 bits per heavy atom. The molecule has 0 aliphatic rings. The molecule has 0 N–H and O–H groups in total. The number of hydrogen-bond donors (Lipinski definition) is 0. The van der Waals surface area contributed by atoms with Crippen LogP contribution in [0.4, 0.5) is 0 Å². The first-order valence-electron chi connectivity index (χ1n) is 12.0. The lowest BCUT2D eigenvalue weighted by molar-refractivity contribution is 0.414. The largest absolute Gasteiger partial charge is 0.497 e. The number of allylic oxidation sites excluding steroid dienone is 4. The molecule has 0 aromatic heterocycles. The SMILES string of the molecule is COc1ccc(/C=C(Br)/C=C/c2ccccc2)cc1.COc1ccc(/C=C(Br)/C=C/c2ccccc2)cc1. The summed E-state index contributed by atoms with van der Waals surface area (Å²) in [5.41, 5.74) is 4.63. The van der Waals surface area contributed by atoms with Gasteiger partial charge >= 0.3 is 0 Å². The van der Waals surface area contributed by atoms with E-state index in [0.717, 1.165) is 31.6 Å². The Kier molecular flexibility index (Phi) is 12.4. The maximum absolute atomic E-state index is 5.13. The number of rotatable bonds is 8. The van der Waals surface area contributed by atoms with E-state index in [1.807, 2.05) is 97.1 Å². The monoisotopic (exact) mass is 628 g/mol. The van der Waals surface area contributed by atoms with Crippen LogP contribution in [0.2, 0.25) is 0 Å². The van der Waals surface area contributed by atoms with E-state index in [-0.39, 0.29) is 0 Å². The third-order valence-electron chi connectivity index (χ3n) is 5.31. The molecule has 4 aromatic rings. The lowest BCUT2D eigenvalue weighted by Gasteiger charge is -1.99. The van der Waals surface area contributed by atoms with Crippen molar-refractivity contribution in [1.29, 1.82) is 0 Å². The van der Waals surface area contributed by atoms with Gasteiger partial charge in [-0.3, -0.25) is 0 Å². The zero-order valence-corrected chi connectivity index (χ0v) is 24.6. The van der Waals surface area contributed by atoms with E-state index in [4.69, 9.17) is 9.47 Å². The van der Waals surface area contributed by atoms with E-state index in [2.05, 4.69) is 80.4 Å². The maximum Gasteiger partial charge on any atom is 0.118 e. The first kappa shape index (κ1) is 29.0. The maximum atomic E-state index is 5.13. The summed E-state index contributed by atoms with van der Waals surface area (Å²) in [7, 11) is 3.34. The fourth-order valence-electron chi connectivity index (χ4n) is 3.29. The fraction of sp³-hybridized carbons (Fsp3) is 0.0588. The average Bonchev–Trinajstić information content (AvgIpc) is 2.97. The second-order valence-corrected chi connectivity index (χ2v) is 9.92. The Morgan fingerprint density at radius 2 is 0.816 bits per heavy atom. The molecular formula is C34H30Br2O2. The number of ether oxygens (including phenoxy) is 2. The molecule has 0 amide bonds. The van der Waals surface area contributed by atoms with Crippen molar-refractivity contribution in [1.82, 2.24) is 0 Å². The van der Waals surface area contributed by atoms with Gasteiger partial charge in [0.25, 0.3) is 0 Å². The van der Waals surface area contributed by atoms with Crippen molar-refractivity contribution in [3.63, 3.8) is 0 Å². The first-order valence-corrected chi connectivity index (χ1v) is 13.6. The summed E-state index contributed by atoms with van der Waals surface area (Å²) < 4.78 is 12.3. The van der Waals surface area contributed by atoms with Crippen molar-refractivity contribution in [2.24, 2.45) is 0 Å². The van der Waals surface area contributed by atoms with Crippen molar-refractivity contribution in [2.75, 3.05) is 14.2 Å². The summed E-state index contributed by atoms with van der Waals surface area (Å²) in [4.78, 5) is 0. The number of methoxy groups -OCH3 is 2. The summed E-state index contributed by atoms with van der Waals surface area (Å²) in [6.07, 6.45) is 12.4. The lowest BCUT2D eigenvalue weighted by Crippen LogP contribution is -1.81. The molecule has 0 fully saturated rings. The molecule has 0 unspecified atom stereocenters. The lowest BCUT2D eigenvalue weighted by atomic mass is 10.2. The zero-order valence-electron chi connectivity index (χ0n) is 21.4. The smallest absolute Gasteiger partial charge is 0.118 e. The summed E-state index contributed by atoms with van der Waals surface area (Å²) in [6, 6.07) is 36.3. The van der Waals surface area contributed by atoms with Crippen LogP contribution in [0.1, 0.15) is 22.3 Å². The van der Waals surface area contributed by atoms with Crippen LogP contribution in [0.3, 0.4) is 0 Å². The summed E-state index contributed by atoms with van der Waals surface area (Å²) >= 11 is 7.10. The third kappa shape index (κ3) is 10.8. The third-order valence-corrected chi connectivity index (χ3v) is 6.30. The predicted octanol–water partition coefficient (Wildman–Crippen LogP) is 10.3. The Bertz CT molecular complexity index is 1240. The van der Waals surface area contributed by atoms with Crippen molar-refractivity contribution in [2.45, 2.75) is 0 Å². The summed E-state index contributed by atoms with van der Waals surface area (Å²) in [6.45, 7) is 0. The van der Waals surface area contributed by atoms with Crippen LogP contribution in [0.5, 0.6) is 11.5 Å². The first-order chi connectivity index (χ1) is 18.6. The quantitative estimate of drug-likeness (QED) is 0.181. The van der Waals surface area contributed by atoms with Gasteiger partial charge < -0.3 is 9.47 Å². The van der Waals surface area contributed by atoms with Crippen LogP contribution >= 0.6 is 31.9 Å². The van der Waals surface area contributed by atoms with Crippen LogP contribution < -0.4 is 9.47 Å². The van der Waals surface area contributed by atoms with Gasteiger partial charge in [-0.25, -0.2) is 0 Å². The molecule has 0 spiro atoms. The molecule has 4 aromatic carbocycles. The van der Waals surface area contributed by atoms with Gasteiger partial charge in [0.2, 0.25) is 0 Å². The van der Waals surface area contributed by atoms with Crippen LogP contribution in [0.15, 0.2) is 130 Å². The molecule has 192 valence electrons. The summed E-state index contributed by atoms with van der Waals surface area (Å²) in [5.74, 6) is 1.74. The average molecular weight is 630 g/mol. The second-order valence-electron chi connectivity index (χ2n) is 8.09. The molecule has 0 radical (unpaired) electrons. The molecule has 0 saturated carbocycles. The van der Waals surface area contributed by atoms with E-state index in [0.29, 0.717) is 0 Å². The molecule has 0 saturated heterocycles. The second kappa shape index (κ2) is 16.3. The van der Waals surface area contributed by atoms with Crippen molar-refractivity contribution in [3.8, 4) is 11.5 Å². The standard InChI is InChI=1S/2C17H15BrO/c2*1-19-17-11-8-15(9-12-17)13-16(18)10-7-14-5-3-2-4-6-14/h2*2-13H,1H3/b2*10-7+,16-13-. The van der Waals surface area contributed by atoms with Gasteiger partial charge in [-0.15, -0.1) is 0 Å². The molecule has 4 rings (SSSR count). The fourth-order valence-corrected chi connectivity index (χ4v) is 4.09. The Morgan fingerprint density at radius 1 is 0.474 bits per heavy atom. The van der Waals surface area contributed by atoms with E-state index in [9.17, 15) is 0 Å². The highest BCUT2D eigenvalue weighted by atomic mass is 79.9. The Labute approximate surface area is 242 Å². The van der Waals surface area contributed by atoms with Gasteiger partial charge in [0.1, 0.15) is 11.5 Å². The van der Waals surface area contributed by atoms with Gasteiger partial charge in [0, 0.05) is 8.96 Å². The van der Waals surface area contributed by atoms with Gasteiger partial charge in [0.05, 0.1) is 14.2 Å². The molecule has 4 heteroatoms. The Balaban J connectivity index is 0.000000211. The van der Waals surface area contributed by atoms with Gasteiger partial charge in [-0.1, -0.05) is 129 Å². The number of hydrogen-bond acceptors (Lipinski definition) is 2. The summed E-state index contributed by atoms with van der Waals surface area (Å²) in [5, 5.41) is 0. The molecule has 0 atom stereocenters. The Hall–Kier alpha value is -3.60. The minimum absolute atomic E-state index is 0.869. The van der Waals surface area contributed by atoms with Crippen molar-refractivity contribution in [3.05, 3.63) is 153 Å². The highest BCUT2D eigenvalue weighted by Crippen LogP contribution is 2.19. The highest BCUT2D eigenvalue weighted by molar-refractivity contribution is 9.12. The minimum atomic E-state index is 0.869. The molecule has 0 bridgehead atoms. The minimum Gasteiger partial charge on any atom is -0.497 e. The van der Waals surface area contributed by atoms with E-state index in [1.165, 1.54) is 11.1 Å². The normalized spacial score (nSPS) is 11.8. The van der Waals surface area contributed by atoms with Gasteiger partial charge in [0.15, 0.2) is 0 Å². The van der Waals surface area contributed by atoms with Crippen LogP contribution in [-0.2, 0) is 0 Å². The number of halogens is 2. The van der Waals surface area contributed by atoms with E-state index < -0.39 is 0 Å². The molecule has 0 aliphatic heterocycles. The molecule has 0 aliphatic carbocycles. The van der Waals surface area contributed by atoms with Gasteiger partial charge in [-0.05, 0) is 70.8 Å². The van der Waals surface area contributed by atoms with Crippen LogP contribution in [-0.4, -0.2) is 14.2 Å². The van der Waals surface area contributed by atoms with E-state index in [1.54, 1.807) is 14.2 Å². The van der Waals surface area contributed by atoms with Gasteiger partial charge in [-0.2, -0.15) is 0 Å². The topological polar surface area (TPSA) is 18.5 Å². The molecule has 2 nitrogen and oxygen atoms in total. The van der Waals surface area contributed by atoms with Crippen LogP contribution in [0, 0.1) is 0 Å². The molecule has 38 heavy (non-hydrogen) atoms. The van der Waals surface area contributed by atoms with Crippen molar-refractivity contribution >= 4 is 56.2 Å². The molecular weight excluding hydrogens is 600 g/mol. The van der Waals surface area contributed by atoms with Crippen molar-refractivity contribution < 1.29 is 9.47 Å².